The van der Waals surface area contributed by atoms with E-state index in [9.17, 15) is 4.79 Å². The first-order valence-electron chi connectivity index (χ1n) is 7.51. The molecule has 2 rings (SSSR count). The normalized spacial score (nSPS) is 11.3. The second-order valence-electron chi connectivity index (χ2n) is 5.13. The first-order chi connectivity index (χ1) is 11.6. The molecule has 128 valence electrons. The summed E-state index contributed by atoms with van der Waals surface area (Å²) in [6.07, 6.45) is 0. The summed E-state index contributed by atoms with van der Waals surface area (Å²) in [7, 11) is 4.71. The van der Waals surface area contributed by atoms with Gasteiger partial charge in [-0.15, -0.1) is 0 Å². The SMILES string of the molecule is COc1ccccc1N[C@H](C)C(=O)Nc1ccc(OC)c(OC)c1. The van der Waals surface area contributed by atoms with E-state index in [1.54, 1.807) is 46.5 Å². The molecule has 2 aromatic rings. The third kappa shape index (κ3) is 4.10. The number of carbonyl (C=O) groups excluding carboxylic acids is 1. The second-order valence-corrected chi connectivity index (χ2v) is 5.13. The number of amides is 1. The molecule has 6 heteroatoms. The number of hydrogen-bond acceptors (Lipinski definition) is 5. The van der Waals surface area contributed by atoms with Crippen LogP contribution in [0.3, 0.4) is 0 Å². The Morgan fingerprint density at radius 3 is 2.25 bits per heavy atom. The summed E-state index contributed by atoms with van der Waals surface area (Å²) >= 11 is 0. The van der Waals surface area contributed by atoms with Gasteiger partial charge in [-0.2, -0.15) is 0 Å². The maximum Gasteiger partial charge on any atom is 0.246 e. The van der Waals surface area contributed by atoms with E-state index in [1.165, 1.54) is 0 Å². The lowest BCUT2D eigenvalue weighted by Crippen LogP contribution is -2.32. The number of hydrogen-bond donors (Lipinski definition) is 2. The Labute approximate surface area is 141 Å². The summed E-state index contributed by atoms with van der Waals surface area (Å²) in [4.78, 5) is 12.4. The summed E-state index contributed by atoms with van der Waals surface area (Å²) < 4.78 is 15.7. The van der Waals surface area contributed by atoms with Gasteiger partial charge in [-0.3, -0.25) is 4.79 Å². The van der Waals surface area contributed by atoms with E-state index in [0.717, 1.165) is 5.69 Å². The van der Waals surface area contributed by atoms with Gasteiger partial charge >= 0.3 is 0 Å². The van der Waals surface area contributed by atoms with Gasteiger partial charge in [0, 0.05) is 11.8 Å². The van der Waals surface area contributed by atoms with Crippen molar-refractivity contribution in [1.29, 1.82) is 0 Å². The highest BCUT2D eigenvalue weighted by Gasteiger charge is 2.15. The van der Waals surface area contributed by atoms with E-state index in [4.69, 9.17) is 14.2 Å². The Bertz CT molecular complexity index is 703. The highest BCUT2D eigenvalue weighted by molar-refractivity contribution is 5.96. The van der Waals surface area contributed by atoms with Crippen molar-refractivity contribution in [2.24, 2.45) is 0 Å². The van der Waals surface area contributed by atoms with Crippen LogP contribution in [-0.4, -0.2) is 33.3 Å². The summed E-state index contributed by atoms with van der Waals surface area (Å²) in [5.74, 6) is 1.67. The largest absolute Gasteiger partial charge is 0.495 e. The van der Waals surface area contributed by atoms with Crippen LogP contribution >= 0.6 is 0 Å². The number of anilines is 2. The lowest BCUT2D eigenvalue weighted by molar-refractivity contribution is -0.116. The zero-order valence-corrected chi connectivity index (χ0v) is 14.3. The molecular formula is C18H22N2O4. The molecule has 0 radical (unpaired) electrons. The van der Waals surface area contributed by atoms with Crippen LogP contribution in [0.2, 0.25) is 0 Å². The van der Waals surface area contributed by atoms with Gasteiger partial charge in [0.15, 0.2) is 11.5 Å². The fraction of sp³-hybridized carbons (Fsp3) is 0.278. The average molecular weight is 330 g/mol. The maximum atomic E-state index is 12.4. The standard InChI is InChI=1S/C18H22N2O4/c1-12(19-14-7-5-6-8-15(14)22-2)18(21)20-13-9-10-16(23-3)17(11-13)24-4/h5-12,19H,1-4H3,(H,20,21)/t12-/m1/s1. The third-order valence-corrected chi connectivity index (χ3v) is 3.52. The van der Waals surface area contributed by atoms with Gasteiger partial charge in [0.25, 0.3) is 0 Å². The Morgan fingerprint density at radius 1 is 0.917 bits per heavy atom. The molecule has 0 aliphatic heterocycles. The van der Waals surface area contributed by atoms with Crippen molar-refractivity contribution in [2.45, 2.75) is 13.0 Å². The molecule has 0 aliphatic rings. The van der Waals surface area contributed by atoms with Crippen molar-refractivity contribution < 1.29 is 19.0 Å². The summed E-state index contributed by atoms with van der Waals surface area (Å²) in [5, 5.41) is 5.99. The van der Waals surface area contributed by atoms with Crippen LogP contribution in [0.5, 0.6) is 17.2 Å². The predicted molar refractivity (Wildman–Crippen MR) is 94.3 cm³/mol. The van der Waals surface area contributed by atoms with Crippen LogP contribution in [0.1, 0.15) is 6.92 Å². The first-order valence-corrected chi connectivity index (χ1v) is 7.51. The number of para-hydroxylation sites is 2. The van der Waals surface area contributed by atoms with E-state index in [-0.39, 0.29) is 5.91 Å². The topological polar surface area (TPSA) is 68.8 Å². The lowest BCUT2D eigenvalue weighted by Gasteiger charge is -2.17. The molecular weight excluding hydrogens is 308 g/mol. The highest BCUT2D eigenvalue weighted by atomic mass is 16.5. The minimum absolute atomic E-state index is 0.173. The Kier molecular flexibility index (Phi) is 5.89. The number of benzene rings is 2. The van der Waals surface area contributed by atoms with Gasteiger partial charge < -0.3 is 24.8 Å². The molecule has 0 unspecified atom stereocenters. The van der Waals surface area contributed by atoms with Gasteiger partial charge in [0.2, 0.25) is 5.91 Å². The quantitative estimate of drug-likeness (QED) is 0.816. The van der Waals surface area contributed by atoms with E-state index in [2.05, 4.69) is 10.6 Å². The number of ether oxygens (including phenoxy) is 3. The minimum Gasteiger partial charge on any atom is -0.495 e. The predicted octanol–water partition coefficient (Wildman–Crippen LogP) is 3.15. The van der Waals surface area contributed by atoms with Crippen molar-refractivity contribution in [2.75, 3.05) is 32.0 Å². The molecule has 0 saturated heterocycles. The van der Waals surface area contributed by atoms with Crippen LogP contribution in [0.25, 0.3) is 0 Å². The third-order valence-electron chi connectivity index (χ3n) is 3.52. The van der Waals surface area contributed by atoms with Gasteiger partial charge in [-0.1, -0.05) is 12.1 Å². The van der Waals surface area contributed by atoms with Crippen LogP contribution in [0.15, 0.2) is 42.5 Å². The first kappa shape index (κ1) is 17.5. The van der Waals surface area contributed by atoms with Crippen LogP contribution < -0.4 is 24.8 Å². The number of methoxy groups -OCH3 is 3. The van der Waals surface area contributed by atoms with Gasteiger partial charge in [0.1, 0.15) is 11.8 Å². The molecule has 6 nitrogen and oxygen atoms in total. The molecule has 1 atom stereocenters. The van der Waals surface area contributed by atoms with E-state index < -0.39 is 6.04 Å². The minimum atomic E-state index is -0.450. The summed E-state index contributed by atoms with van der Waals surface area (Å²) in [6, 6.07) is 12.2. The number of carbonyl (C=O) groups is 1. The fourth-order valence-corrected chi connectivity index (χ4v) is 2.23. The summed E-state index contributed by atoms with van der Waals surface area (Å²) in [6.45, 7) is 1.78. The van der Waals surface area contributed by atoms with Crippen molar-refractivity contribution >= 4 is 17.3 Å². The molecule has 0 spiro atoms. The zero-order chi connectivity index (χ0) is 17.5. The Balaban J connectivity index is 2.06. The molecule has 0 fully saturated rings. The molecule has 0 aliphatic carbocycles. The van der Waals surface area contributed by atoms with E-state index in [1.807, 2.05) is 24.3 Å². The zero-order valence-electron chi connectivity index (χ0n) is 14.3. The van der Waals surface area contributed by atoms with Crippen LogP contribution in [0, 0.1) is 0 Å². The van der Waals surface area contributed by atoms with E-state index in [0.29, 0.717) is 22.9 Å². The smallest absolute Gasteiger partial charge is 0.246 e. The Hall–Kier alpha value is -2.89. The van der Waals surface area contributed by atoms with Gasteiger partial charge in [0.05, 0.1) is 27.0 Å². The van der Waals surface area contributed by atoms with E-state index >= 15 is 0 Å². The number of nitrogens with one attached hydrogen (secondary N) is 2. The van der Waals surface area contributed by atoms with Crippen molar-refractivity contribution in [3.8, 4) is 17.2 Å². The molecule has 1 amide bonds. The average Bonchev–Trinajstić information content (AvgIpc) is 2.61. The maximum absolute atomic E-state index is 12.4. The molecule has 2 aromatic carbocycles. The van der Waals surface area contributed by atoms with Crippen LogP contribution in [-0.2, 0) is 4.79 Å². The molecule has 0 saturated carbocycles. The lowest BCUT2D eigenvalue weighted by atomic mass is 10.2. The Morgan fingerprint density at radius 2 is 1.58 bits per heavy atom. The van der Waals surface area contributed by atoms with Crippen molar-refractivity contribution in [1.82, 2.24) is 0 Å². The molecule has 0 aromatic heterocycles. The van der Waals surface area contributed by atoms with Gasteiger partial charge in [-0.25, -0.2) is 0 Å². The van der Waals surface area contributed by atoms with Gasteiger partial charge in [-0.05, 0) is 31.2 Å². The second kappa shape index (κ2) is 8.10. The van der Waals surface area contributed by atoms with Crippen molar-refractivity contribution in [3.63, 3.8) is 0 Å². The highest BCUT2D eigenvalue weighted by Crippen LogP contribution is 2.30. The molecule has 24 heavy (non-hydrogen) atoms. The number of rotatable bonds is 7. The molecule has 2 N–H and O–H groups in total. The summed E-state index contributed by atoms with van der Waals surface area (Å²) in [5.41, 5.74) is 1.39. The fourth-order valence-electron chi connectivity index (χ4n) is 2.23. The van der Waals surface area contributed by atoms with Crippen molar-refractivity contribution in [3.05, 3.63) is 42.5 Å². The molecule has 0 bridgehead atoms. The molecule has 0 heterocycles. The van der Waals surface area contributed by atoms with Crippen LogP contribution in [0.4, 0.5) is 11.4 Å². The monoisotopic (exact) mass is 330 g/mol.